The molecule has 0 spiro atoms. The molecule has 0 aliphatic carbocycles. The van der Waals surface area contributed by atoms with Crippen molar-refractivity contribution in [3.05, 3.63) is 0 Å². The molecule has 1 aliphatic heterocycles. The minimum Gasteiger partial charge on any atom is -0.480 e. The normalized spacial score (nSPS) is 21.8. The number of carboxylic acid groups (broad SMARTS) is 1. The Hall–Kier alpha value is -0.570. The molecule has 1 rings (SSSR count). The van der Waals surface area contributed by atoms with Crippen LogP contribution >= 0.6 is 0 Å². The maximum absolute atomic E-state index is 11.0. The van der Waals surface area contributed by atoms with Crippen LogP contribution < -0.4 is 0 Å². The Morgan fingerprint density at radius 3 is 2.23 bits per heavy atom. The van der Waals surface area contributed by atoms with Crippen LogP contribution in [0.1, 0.15) is 33.6 Å². The summed E-state index contributed by atoms with van der Waals surface area (Å²) in [6.45, 7) is 7.63. The van der Waals surface area contributed by atoms with Crippen molar-refractivity contribution in [3.8, 4) is 0 Å². The van der Waals surface area contributed by atoms with Gasteiger partial charge in [-0.1, -0.05) is 6.92 Å². The number of carbonyl (C=O) groups is 1. The van der Waals surface area contributed by atoms with Crippen LogP contribution in [0.25, 0.3) is 0 Å². The molecule has 1 N–H and O–H groups in total. The van der Waals surface area contributed by atoms with Crippen molar-refractivity contribution in [2.75, 3.05) is 13.1 Å². The van der Waals surface area contributed by atoms with Gasteiger partial charge in [0.25, 0.3) is 0 Å². The highest BCUT2D eigenvalue weighted by molar-refractivity contribution is 5.77. The summed E-state index contributed by atoms with van der Waals surface area (Å²) in [5.74, 6) is 0.0305. The summed E-state index contributed by atoms with van der Waals surface area (Å²) in [5, 5.41) is 9.02. The number of hydrogen-bond acceptors (Lipinski definition) is 2. The van der Waals surface area contributed by atoms with Gasteiger partial charge >= 0.3 is 5.97 Å². The molecule has 0 amide bonds. The van der Waals surface area contributed by atoms with E-state index in [0.717, 1.165) is 31.8 Å². The second-order valence-corrected chi connectivity index (χ2v) is 4.53. The van der Waals surface area contributed by atoms with Gasteiger partial charge in [0.2, 0.25) is 0 Å². The second-order valence-electron chi connectivity index (χ2n) is 4.53. The number of piperidine rings is 1. The van der Waals surface area contributed by atoms with E-state index in [1.807, 2.05) is 0 Å². The molecule has 13 heavy (non-hydrogen) atoms. The Morgan fingerprint density at radius 2 is 1.85 bits per heavy atom. The quantitative estimate of drug-likeness (QED) is 0.710. The highest BCUT2D eigenvalue weighted by Crippen LogP contribution is 2.23. The van der Waals surface area contributed by atoms with Gasteiger partial charge in [0, 0.05) is 0 Å². The van der Waals surface area contributed by atoms with Crippen molar-refractivity contribution >= 4 is 5.97 Å². The van der Waals surface area contributed by atoms with Crippen LogP contribution in [0.3, 0.4) is 0 Å². The monoisotopic (exact) mass is 185 g/mol. The predicted molar refractivity (Wildman–Crippen MR) is 51.7 cm³/mol. The van der Waals surface area contributed by atoms with E-state index in [9.17, 15) is 4.79 Å². The van der Waals surface area contributed by atoms with E-state index in [-0.39, 0.29) is 0 Å². The molecule has 76 valence electrons. The molecule has 3 nitrogen and oxygen atoms in total. The molecule has 0 aromatic rings. The fourth-order valence-corrected chi connectivity index (χ4v) is 1.70. The zero-order valence-corrected chi connectivity index (χ0v) is 8.71. The molecule has 0 aromatic carbocycles. The van der Waals surface area contributed by atoms with Crippen LogP contribution in [-0.2, 0) is 4.79 Å². The topological polar surface area (TPSA) is 40.5 Å². The molecular formula is C10H19NO2. The number of rotatable bonds is 2. The van der Waals surface area contributed by atoms with Crippen molar-refractivity contribution < 1.29 is 9.90 Å². The molecule has 0 unspecified atom stereocenters. The van der Waals surface area contributed by atoms with Crippen molar-refractivity contribution in [3.63, 3.8) is 0 Å². The van der Waals surface area contributed by atoms with Crippen LogP contribution in [0.15, 0.2) is 0 Å². The Morgan fingerprint density at radius 1 is 1.38 bits per heavy atom. The Bertz CT molecular complexity index is 193. The third-order valence-corrected chi connectivity index (χ3v) is 3.10. The molecule has 0 bridgehead atoms. The van der Waals surface area contributed by atoms with Gasteiger partial charge in [-0.15, -0.1) is 0 Å². The van der Waals surface area contributed by atoms with E-state index in [2.05, 4.69) is 11.8 Å². The first-order valence-electron chi connectivity index (χ1n) is 4.93. The average molecular weight is 185 g/mol. The summed E-state index contributed by atoms with van der Waals surface area (Å²) in [6.07, 6.45) is 2.24. The summed E-state index contributed by atoms with van der Waals surface area (Å²) < 4.78 is 0. The summed E-state index contributed by atoms with van der Waals surface area (Å²) >= 11 is 0. The molecule has 0 radical (unpaired) electrons. The highest BCUT2D eigenvalue weighted by atomic mass is 16.4. The Balaban J connectivity index is 2.58. The molecule has 1 heterocycles. The zero-order valence-electron chi connectivity index (χ0n) is 8.71. The number of aliphatic carboxylic acids is 1. The van der Waals surface area contributed by atoms with Crippen LogP contribution in [0.4, 0.5) is 0 Å². The number of likely N-dealkylation sites (tertiary alicyclic amines) is 1. The van der Waals surface area contributed by atoms with Gasteiger partial charge in [0.05, 0.1) is 0 Å². The smallest absolute Gasteiger partial charge is 0.323 e. The number of carboxylic acids is 1. The fourth-order valence-electron chi connectivity index (χ4n) is 1.70. The van der Waals surface area contributed by atoms with E-state index in [1.54, 1.807) is 13.8 Å². The molecule has 3 heteroatoms. The first kappa shape index (κ1) is 10.5. The van der Waals surface area contributed by atoms with Crippen LogP contribution in [-0.4, -0.2) is 34.6 Å². The lowest BCUT2D eigenvalue weighted by atomic mass is 9.93. The SMILES string of the molecule is CC1CCN(C(C)(C)C(=O)O)CC1. The van der Waals surface area contributed by atoms with E-state index >= 15 is 0 Å². The highest BCUT2D eigenvalue weighted by Gasteiger charge is 2.35. The maximum atomic E-state index is 11.0. The summed E-state index contributed by atoms with van der Waals surface area (Å²) in [4.78, 5) is 13.0. The summed E-state index contributed by atoms with van der Waals surface area (Å²) in [6, 6.07) is 0. The molecule has 1 saturated heterocycles. The van der Waals surface area contributed by atoms with E-state index in [0.29, 0.717) is 0 Å². The molecule has 1 fully saturated rings. The molecule has 0 aromatic heterocycles. The third-order valence-electron chi connectivity index (χ3n) is 3.10. The number of hydrogen-bond donors (Lipinski definition) is 1. The molecule has 0 atom stereocenters. The van der Waals surface area contributed by atoms with Crippen LogP contribution in [0.2, 0.25) is 0 Å². The lowest BCUT2D eigenvalue weighted by Crippen LogP contribution is -2.52. The van der Waals surface area contributed by atoms with Gasteiger partial charge in [-0.05, 0) is 45.7 Å². The van der Waals surface area contributed by atoms with Gasteiger partial charge < -0.3 is 5.11 Å². The number of nitrogens with zero attached hydrogens (tertiary/aromatic N) is 1. The fraction of sp³-hybridized carbons (Fsp3) is 0.900. The third kappa shape index (κ3) is 2.21. The molecule has 1 aliphatic rings. The first-order chi connectivity index (χ1) is 5.94. The van der Waals surface area contributed by atoms with Crippen molar-refractivity contribution in [2.24, 2.45) is 5.92 Å². The van der Waals surface area contributed by atoms with Crippen LogP contribution in [0.5, 0.6) is 0 Å². The Kier molecular flexibility index (Phi) is 2.96. The predicted octanol–water partition coefficient (Wildman–Crippen LogP) is 1.58. The second kappa shape index (κ2) is 3.66. The van der Waals surface area contributed by atoms with Crippen LogP contribution in [0, 0.1) is 5.92 Å². The Labute approximate surface area is 79.7 Å². The zero-order chi connectivity index (χ0) is 10.1. The molecule has 0 saturated carbocycles. The average Bonchev–Trinajstić information content (AvgIpc) is 2.04. The molecular weight excluding hydrogens is 166 g/mol. The largest absolute Gasteiger partial charge is 0.480 e. The standard InChI is InChI=1S/C10H19NO2/c1-8-4-6-11(7-5-8)10(2,3)9(12)13/h8H,4-7H2,1-3H3,(H,12,13). The lowest BCUT2D eigenvalue weighted by molar-refractivity contribution is -0.150. The summed E-state index contributed by atoms with van der Waals surface area (Å²) in [7, 11) is 0. The summed E-state index contributed by atoms with van der Waals surface area (Å²) in [5.41, 5.74) is -0.694. The van der Waals surface area contributed by atoms with E-state index < -0.39 is 11.5 Å². The van der Waals surface area contributed by atoms with Gasteiger partial charge in [-0.25, -0.2) is 0 Å². The minimum atomic E-state index is -0.720. The van der Waals surface area contributed by atoms with Gasteiger partial charge in [0.15, 0.2) is 0 Å². The van der Waals surface area contributed by atoms with E-state index in [4.69, 9.17) is 5.11 Å². The van der Waals surface area contributed by atoms with Gasteiger partial charge in [-0.2, -0.15) is 0 Å². The van der Waals surface area contributed by atoms with Gasteiger partial charge in [0.1, 0.15) is 5.54 Å². The van der Waals surface area contributed by atoms with Crippen molar-refractivity contribution in [1.82, 2.24) is 4.90 Å². The lowest BCUT2D eigenvalue weighted by Gasteiger charge is -2.39. The van der Waals surface area contributed by atoms with Gasteiger partial charge in [-0.3, -0.25) is 9.69 Å². The van der Waals surface area contributed by atoms with Crippen molar-refractivity contribution in [1.29, 1.82) is 0 Å². The van der Waals surface area contributed by atoms with Crippen molar-refractivity contribution in [2.45, 2.75) is 39.2 Å². The minimum absolute atomic E-state index is 0.694. The van der Waals surface area contributed by atoms with E-state index in [1.165, 1.54) is 0 Å². The first-order valence-corrected chi connectivity index (χ1v) is 4.93. The maximum Gasteiger partial charge on any atom is 0.323 e.